The average Bonchev–Trinajstić information content (AvgIpc) is 2.23. The second kappa shape index (κ2) is 7.43. The molecule has 0 aliphatic rings. The molecule has 0 heterocycles. The Bertz CT molecular complexity index is 318. The van der Waals surface area contributed by atoms with Crippen molar-refractivity contribution in [3.63, 3.8) is 0 Å². The fourth-order valence-electron chi connectivity index (χ4n) is 0.755. The maximum atomic E-state index is 11.2. The van der Waals surface area contributed by atoms with Crippen molar-refractivity contribution in [1.82, 2.24) is 0 Å². The minimum Gasteiger partial charge on any atom is -0.478 e. The van der Waals surface area contributed by atoms with Crippen molar-refractivity contribution in [3.8, 4) is 0 Å². The van der Waals surface area contributed by atoms with E-state index in [2.05, 4.69) is 4.74 Å². The van der Waals surface area contributed by atoms with Gasteiger partial charge in [-0.1, -0.05) is 13.8 Å². The average molecular weight is 244 g/mol. The van der Waals surface area contributed by atoms with Gasteiger partial charge in [0.25, 0.3) is 0 Å². The lowest BCUT2D eigenvalue weighted by Gasteiger charge is -2.14. The van der Waals surface area contributed by atoms with Crippen molar-refractivity contribution in [2.24, 2.45) is 5.92 Å². The normalized spacial score (nSPS) is 12.5. The summed E-state index contributed by atoms with van der Waals surface area (Å²) in [5, 5.41) is 8.26. The van der Waals surface area contributed by atoms with E-state index >= 15 is 0 Å². The minimum atomic E-state index is -1.23. The quantitative estimate of drug-likeness (QED) is 0.548. The second-order valence-electron chi connectivity index (χ2n) is 3.70. The van der Waals surface area contributed by atoms with Crippen molar-refractivity contribution in [1.29, 1.82) is 0 Å². The van der Waals surface area contributed by atoms with Crippen LogP contribution < -0.4 is 0 Å². The van der Waals surface area contributed by atoms with Gasteiger partial charge in [0, 0.05) is 12.2 Å². The van der Waals surface area contributed by atoms with Crippen LogP contribution in [0.25, 0.3) is 0 Å². The van der Waals surface area contributed by atoms with Crippen LogP contribution in [0.4, 0.5) is 0 Å². The smallest absolute Gasteiger partial charge is 0.331 e. The largest absolute Gasteiger partial charge is 0.478 e. The van der Waals surface area contributed by atoms with Crippen LogP contribution in [0.3, 0.4) is 0 Å². The maximum Gasteiger partial charge on any atom is 0.331 e. The third-order valence-electron chi connectivity index (χ3n) is 1.61. The molecule has 0 saturated heterocycles. The van der Waals surface area contributed by atoms with Gasteiger partial charge in [0.2, 0.25) is 0 Å². The van der Waals surface area contributed by atoms with Crippen LogP contribution in [0.2, 0.25) is 0 Å². The summed E-state index contributed by atoms with van der Waals surface area (Å²) in [5.41, 5.74) is 0. The van der Waals surface area contributed by atoms with Crippen molar-refractivity contribution in [3.05, 3.63) is 12.2 Å². The van der Waals surface area contributed by atoms with Crippen molar-refractivity contribution < 1.29 is 29.0 Å². The van der Waals surface area contributed by atoms with Gasteiger partial charge in [0.05, 0.1) is 5.92 Å². The first-order chi connectivity index (χ1) is 7.82. The van der Waals surface area contributed by atoms with Gasteiger partial charge in [-0.05, 0) is 6.92 Å². The summed E-state index contributed by atoms with van der Waals surface area (Å²) in [4.78, 5) is 32.2. The number of carboxylic acids is 1. The number of carboxylic acid groups (broad SMARTS) is 1. The Hall–Kier alpha value is -1.85. The Balaban J connectivity index is 3.92. The maximum absolute atomic E-state index is 11.2. The molecule has 1 atom stereocenters. The number of aliphatic carboxylic acids is 1. The molecule has 0 aromatic carbocycles. The highest BCUT2D eigenvalue weighted by atomic mass is 16.6. The Morgan fingerprint density at radius 1 is 1.18 bits per heavy atom. The molecule has 6 nitrogen and oxygen atoms in total. The Labute approximate surface area is 99.2 Å². The van der Waals surface area contributed by atoms with Crippen LogP contribution in [0.15, 0.2) is 12.2 Å². The van der Waals surface area contributed by atoms with Crippen LogP contribution in [-0.2, 0) is 23.9 Å². The molecule has 0 fully saturated rings. The first-order valence-corrected chi connectivity index (χ1v) is 5.11. The molecular formula is C11H16O6. The van der Waals surface area contributed by atoms with E-state index in [1.165, 1.54) is 0 Å². The first kappa shape index (κ1) is 15.2. The summed E-state index contributed by atoms with van der Waals surface area (Å²) < 4.78 is 9.60. The fraction of sp³-hybridized carbons (Fsp3) is 0.545. The molecule has 17 heavy (non-hydrogen) atoms. The zero-order valence-corrected chi connectivity index (χ0v) is 10.0. The van der Waals surface area contributed by atoms with Gasteiger partial charge in [-0.25, -0.2) is 9.59 Å². The summed E-state index contributed by atoms with van der Waals surface area (Å²) in [7, 11) is 0. The van der Waals surface area contributed by atoms with Crippen molar-refractivity contribution >= 4 is 17.9 Å². The Morgan fingerprint density at radius 2 is 1.76 bits per heavy atom. The molecule has 0 aromatic rings. The zero-order chi connectivity index (χ0) is 13.4. The molecule has 1 N–H and O–H groups in total. The lowest BCUT2D eigenvalue weighted by molar-refractivity contribution is -0.158. The van der Waals surface area contributed by atoms with E-state index < -0.39 is 18.0 Å². The number of carbonyl (C=O) groups is 3. The van der Waals surface area contributed by atoms with E-state index in [-0.39, 0.29) is 18.5 Å². The predicted molar refractivity (Wildman–Crippen MR) is 58.1 cm³/mol. The van der Waals surface area contributed by atoms with Crippen LogP contribution >= 0.6 is 0 Å². The molecule has 0 spiro atoms. The molecule has 6 heteroatoms. The second-order valence-corrected chi connectivity index (χ2v) is 3.70. The van der Waals surface area contributed by atoms with Crippen LogP contribution in [-0.4, -0.2) is 35.7 Å². The van der Waals surface area contributed by atoms with Gasteiger partial charge in [-0.2, -0.15) is 0 Å². The summed E-state index contributed by atoms with van der Waals surface area (Å²) in [6, 6.07) is 0. The highest BCUT2D eigenvalue weighted by Crippen LogP contribution is 2.01. The topological polar surface area (TPSA) is 89.9 Å². The molecule has 0 rings (SSSR count). The van der Waals surface area contributed by atoms with Gasteiger partial charge < -0.3 is 14.6 Å². The van der Waals surface area contributed by atoms with Gasteiger partial charge in [0.1, 0.15) is 12.7 Å². The number of esters is 2. The molecule has 0 saturated carbocycles. The lowest BCUT2D eigenvalue weighted by Crippen LogP contribution is -2.24. The molecular weight excluding hydrogens is 228 g/mol. The van der Waals surface area contributed by atoms with E-state index in [0.29, 0.717) is 6.08 Å². The standard InChI is InChI=1S/C11H16O6/c1-7(2)11(15)17-8(3)6-16-10(14)5-4-9(12)13/h4-5,7-8H,6H2,1-3H3,(H,12,13). The number of carbonyl (C=O) groups excluding carboxylic acids is 2. The molecule has 0 amide bonds. The number of rotatable bonds is 6. The van der Waals surface area contributed by atoms with E-state index in [0.717, 1.165) is 6.08 Å². The van der Waals surface area contributed by atoms with Gasteiger partial charge >= 0.3 is 17.9 Å². The summed E-state index contributed by atoms with van der Waals surface area (Å²) in [6.07, 6.45) is 0.902. The van der Waals surface area contributed by atoms with Crippen LogP contribution in [0, 0.1) is 5.92 Å². The first-order valence-electron chi connectivity index (χ1n) is 5.11. The number of hydrogen-bond donors (Lipinski definition) is 1. The third kappa shape index (κ3) is 8.01. The Kier molecular flexibility index (Phi) is 6.62. The van der Waals surface area contributed by atoms with E-state index in [1.54, 1.807) is 20.8 Å². The molecule has 0 radical (unpaired) electrons. The zero-order valence-electron chi connectivity index (χ0n) is 10.0. The molecule has 0 aliphatic heterocycles. The van der Waals surface area contributed by atoms with E-state index in [4.69, 9.17) is 9.84 Å². The van der Waals surface area contributed by atoms with Gasteiger partial charge in [-0.15, -0.1) is 0 Å². The van der Waals surface area contributed by atoms with Crippen molar-refractivity contribution in [2.45, 2.75) is 26.9 Å². The number of hydrogen-bond acceptors (Lipinski definition) is 5. The van der Waals surface area contributed by atoms with Gasteiger partial charge in [-0.3, -0.25) is 4.79 Å². The molecule has 0 bridgehead atoms. The minimum absolute atomic E-state index is 0.110. The van der Waals surface area contributed by atoms with E-state index in [9.17, 15) is 14.4 Å². The highest BCUT2D eigenvalue weighted by Gasteiger charge is 2.14. The molecule has 0 aromatic heterocycles. The van der Waals surface area contributed by atoms with Crippen molar-refractivity contribution in [2.75, 3.05) is 6.61 Å². The molecule has 1 unspecified atom stereocenters. The molecule has 96 valence electrons. The monoisotopic (exact) mass is 244 g/mol. The fourth-order valence-corrected chi connectivity index (χ4v) is 0.755. The predicted octanol–water partition coefficient (Wildman–Crippen LogP) is 0.758. The van der Waals surface area contributed by atoms with Crippen LogP contribution in [0.5, 0.6) is 0 Å². The summed E-state index contributed by atoms with van der Waals surface area (Å²) >= 11 is 0. The highest BCUT2D eigenvalue weighted by molar-refractivity contribution is 5.90. The third-order valence-corrected chi connectivity index (χ3v) is 1.61. The van der Waals surface area contributed by atoms with Crippen LogP contribution in [0.1, 0.15) is 20.8 Å². The summed E-state index contributed by atoms with van der Waals surface area (Å²) in [5.74, 6) is -2.66. The number of ether oxygens (including phenoxy) is 2. The Morgan fingerprint density at radius 3 is 2.24 bits per heavy atom. The van der Waals surface area contributed by atoms with E-state index in [1.807, 2.05) is 0 Å². The molecule has 0 aliphatic carbocycles. The SMILES string of the molecule is CC(COC(=O)C=CC(=O)O)OC(=O)C(C)C. The van der Waals surface area contributed by atoms with Gasteiger partial charge in [0.15, 0.2) is 0 Å². The summed E-state index contributed by atoms with van der Waals surface area (Å²) in [6.45, 7) is 4.85. The lowest BCUT2D eigenvalue weighted by atomic mass is 10.2.